The predicted octanol–water partition coefficient (Wildman–Crippen LogP) is 5.40. The maximum atomic E-state index is 12.4. The van der Waals surface area contributed by atoms with E-state index in [1.807, 2.05) is 88.4 Å². The fourth-order valence-electron chi connectivity index (χ4n) is 2.60. The molecule has 2 aromatic carbocycles. The minimum absolute atomic E-state index is 0.0341. The largest absolute Gasteiger partial charge is 0.431 e. The number of nitrogens with one attached hydrogen (secondary N) is 1. The van der Waals surface area contributed by atoms with Crippen LogP contribution in [0.2, 0.25) is 0 Å². The quantitative estimate of drug-likeness (QED) is 0.602. The second-order valence-corrected chi connectivity index (χ2v) is 8.68. The molecule has 0 saturated heterocycles. The lowest BCUT2D eigenvalue weighted by atomic mass is 10.1. The van der Waals surface area contributed by atoms with Gasteiger partial charge in [0.1, 0.15) is 5.69 Å². The molecule has 0 bridgehead atoms. The molecule has 1 amide bonds. The summed E-state index contributed by atoms with van der Waals surface area (Å²) in [5.74, 6) is 0.681. The fourth-order valence-corrected chi connectivity index (χ4v) is 3.35. The van der Waals surface area contributed by atoms with E-state index in [1.165, 1.54) is 11.8 Å². The summed E-state index contributed by atoms with van der Waals surface area (Å²) in [5.41, 5.74) is 2.46. The van der Waals surface area contributed by atoms with E-state index in [0.29, 0.717) is 11.0 Å². The van der Waals surface area contributed by atoms with E-state index in [-0.39, 0.29) is 16.7 Å². The first-order chi connectivity index (χ1) is 12.8. The van der Waals surface area contributed by atoms with Crippen LogP contribution in [-0.2, 0) is 4.79 Å². The average molecular weight is 381 g/mol. The summed E-state index contributed by atoms with van der Waals surface area (Å²) >= 11 is 1.33. The molecule has 0 fully saturated rings. The number of hydrogen-bond donors (Lipinski definition) is 1. The molecule has 1 heterocycles. The molecule has 0 aliphatic rings. The number of nitrogens with zero attached hydrogens (tertiary/aromatic N) is 1. The van der Waals surface area contributed by atoms with Crippen molar-refractivity contribution in [1.82, 2.24) is 10.3 Å². The van der Waals surface area contributed by atoms with Crippen molar-refractivity contribution in [3.05, 3.63) is 60.7 Å². The summed E-state index contributed by atoms with van der Waals surface area (Å²) in [7, 11) is 0. The Kier molecular flexibility index (Phi) is 5.71. The molecule has 3 aromatic rings. The lowest BCUT2D eigenvalue weighted by Gasteiger charge is -2.22. The van der Waals surface area contributed by atoms with Crippen molar-refractivity contribution in [3.63, 3.8) is 0 Å². The van der Waals surface area contributed by atoms with Gasteiger partial charge in [-0.2, -0.15) is 0 Å². The number of hydrogen-bond acceptors (Lipinski definition) is 4. The van der Waals surface area contributed by atoms with Gasteiger partial charge in [0.15, 0.2) is 5.76 Å². The Labute approximate surface area is 164 Å². The summed E-state index contributed by atoms with van der Waals surface area (Å²) in [6, 6.07) is 19.8. The van der Waals surface area contributed by atoms with Crippen LogP contribution >= 0.6 is 11.8 Å². The number of benzene rings is 2. The van der Waals surface area contributed by atoms with Gasteiger partial charge < -0.3 is 9.73 Å². The normalized spacial score (nSPS) is 12.6. The van der Waals surface area contributed by atoms with Gasteiger partial charge >= 0.3 is 0 Å². The van der Waals surface area contributed by atoms with E-state index in [9.17, 15) is 4.79 Å². The standard InChI is InChI=1S/C22H24N2O2S/c1-15(20(25)24-22(2,3)4)27-21-23-18(16-11-7-5-8-12-16)19(26-21)17-13-9-6-10-14-17/h5-15H,1-4H3,(H,24,25). The van der Waals surface area contributed by atoms with Crippen molar-refractivity contribution in [1.29, 1.82) is 0 Å². The second kappa shape index (κ2) is 8.01. The lowest BCUT2D eigenvalue weighted by molar-refractivity contribution is -0.121. The number of amides is 1. The monoisotopic (exact) mass is 380 g/mol. The smallest absolute Gasteiger partial charge is 0.257 e. The van der Waals surface area contributed by atoms with Crippen LogP contribution in [0.3, 0.4) is 0 Å². The molecule has 1 atom stereocenters. The highest BCUT2D eigenvalue weighted by atomic mass is 32.2. The van der Waals surface area contributed by atoms with Crippen LogP contribution < -0.4 is 5.32 Å². The van der Waals surface area contributed by atoms with E-state index in [0.717, 1.165) is 16.8 Å². The zero-order chi connectivity index (χ0) is 19.4. The number of carbonyl (C=O) groups excluding carboxylic acids is 1. The summed E-state index contributed by atoms with van der Waals surface area (Å²) in [6.45, 7) is 7.76. The summed E-state index contributed by atoms with van der Waals surface area (Å²) < 4.78 is 6.08. The zero-order valence-corrected chi connectivity index (χ0v) is 16.8. The lowest BCUT2D eigenvalue weighted by Crippen LogP contribution is -2.44. The van der Waals surface area contributed by atoms with E-state index in [1.54, 1.807) is 0 Å². The van der Waals surface area contributed by atoms with Crippen molar-refractivity contribution < 1.29 is 9.21 Å². The zero-order valence-electron chi connectivity index (χ0n) is 16.0. The first-order valence-corrected chi connectivity index (χ1v) is 9.82. The Morgan fingerprint density at radius 3 is 2.11 bits per heavy atom. The van der Waals surface area contributed by atoms with Gasteiger partial charge in [0.05, 0.1) is 5.25 Å². The van der Waals surface area contributed by atoms with Gasteiger partial charge in [-0.15, -0.1) is 0 Å². The highest BCUT2D eigenvalue weighted by Crippen LogP contribution is 2.36. The number of rotatable bonds is 5. The molecule has 0 spiro atoms. The molecule has 5 heteroatoms. The Hall–Kier alpha value is -2.53. The van der Waals surface area contributed by atoms with Gasteiger partial charge in [-0.3, -0.25) is 4.79 Å². The molecule has 27 heavy (non-hydrogen) atoms. The van der Waals surface area contributed by atoms with Crippen LogP contribution in [0, 0.1) is 0 Å². The molecule has 0 radical (unpaired) electrons. The van der Waals surface area contributed by atoms with Crippen LogP contribution in [-0.4, -0.2) is 21.7 Å². The first kappa shape index (κ1) is 19.2. The number of thioether (sulfide) groups is 1. The van der Waals surface area contributed by atoms with Crippen molar-refractivity contribution in [2.75, 3.05) is 0 Å². The highest BCUT2D eigenvalue weighted by Gasteiger charge is 2.24. The minimum atomic E-state index is -0.310. The van der Waals surface area contributed by atoms with Crippen molar-refractivity contribution in [2.45, 2.75) is 43.7 Å². The van der Waals surface area contributed by atoms with Gasteiger partial charge in [0.2, 0.25) is 5.91 Å². The first-order valence-electron chi connectivity index (χ1n) is 8.94. The number of aromatic nitrogens is 1. The Morgan fingerprint density at radius 1 is 1.00 bits per heavy atom. The van der Waals surface area contributed by atoms with Crippen LogP contribution in [0.4, 0.5) is 0 Å². The third-order valence-corrected chi connectivity index (χ3v) is 4.78. The molecular weight excluding hydrogens is 356 g/mol. The SMILES string of the molecule is CC(Sc1nc(-c2ccccc2)c(-c2ccccc2)o1)C(=O)NC(C)(C)C. The van der Waals surface area contributed by atoms with Crippen LogP contribution in [0.5, 0.6) is 0 Å². The number of oxazole rings is 1. The van der Waals surface area contributed by atoms with Gasteiger partial charge in [-0.05, 0) is 27.7 Å². The maximum absolute atomic E-state index is 12.4. The van der Waals surface area contributed by atoms with Gasteiger partial charge in [0, 0.05) is 16.7 Å². The third kappa shape index (κ3) is 5.01. The van der Waals surface area contributed by atoms with Crippen LogP contribution in [0.25, 0.3) is 22.6 Å². The van der Waals surface area contributed by atoms with Crippen LogP contribution in [0.1, 0.15) is 27.7 Å². The molecule has 4 nitrogen and oxygen atoms in total. The maximum Gasteiger partial charge on any atom is 0.257 e. The molecule has 3 rings (SSSR count). The van der Waals surface area contributed by atoms with Gasteiger partial charge in [-0.25, -0.2) is 4.98 Å². The highest BCUT2D eigenvalue weighted by molar-refractivity contribution is 8.00. The minimum Gasteiger partial charge on any atom is -0.431 e. The number of carbonyl (C=O) groups is 1. The van der Waals surface area contributed by atoms with E-state index in [4.69, 9.17) is 9.40 Å². The molecule has 1 unspecified atom stereocenters. The molecular formula is C22H24N2O2S. The molecule has 0 saturated carbocycles. The molecule has 1 aromatic heterocycles. The summed E-state index contributed by atoms with van der Waals surface area (Å²) in [4.78, 5) is 17.1. The second-order valence-electron chi connectivity index (χ2n) is 7.39. The van der Waals surface area contributed by atoms with E-state index in [2.05, 4.69) is 5.32 Å². The Bertz CT molecular complexity index is 842. The summed E-state index contributed by atoms with van der Waals surface area (Å²) in [5, 5.41) is 3.17. The molecule has 0 aliphatic carbocycles. The molecule has 1 N–H and O–H groups in total. The summed E-state index contributed by atoms with van der Waals surface area (Å²) in [6.07, 6.45) is 0. The average Bonchev–Trinajstić information content (AvgIpc) is 3.05. The van der Waals surface area contributed by atoms with Crippen molar-refractivity contribution >= 4 is 17.7 Å². The van der Waals surface area contributed by atoms with E-state index >= 15 is 0 Å². The Balaban J connectivity index is 1.91. The van der Waals surface area contributed by atoms with Crippen molar-refractivity contribution in [2.24, 2.45) is 0 Å². The van der Waals surface area contributed by atoms with Crippen LogP contribution in [0.15, 0.2) is 70.3 Å². The topological polar surface area (TPSA) is 55.1 Å². The van der Waals surface area contributed by atoms with Crippen molar-refractivity contribution in [3.8, 4) is 22.6 Å². The molecule has 140 valence electrons. The van der Waals surface area contributed by atoms with E-state index < -0.39 is 0 Å². The van der Waals surface area contributed by atoms with Gasteiger partial charge in [0.25, 0.3) is 5.22 Å². The predicted molar refractivity (Wildman–Crippen MR) is 111 cm³/mol. The Morgan fingerprint density at radius 2 is 1.56 bits per heavy atom. The van der Waals surface area contributed by atoms with Gasteiger partial charge in [-0.1, -0.05) is 72.4 Å². The fraction of sp³-hybridized carbons (Fsp3) is 0.273. The molecule has 0 aliphatic heterocycles. The third-order valence-electron chi connectivity index (χ3n) is 3.84.